The highest BCUT2D eigenvalue weighted by Crippen LogP contribution is 2.14. The molecule has 0 heterocycles. The van der Waals surface area contributed by atoms with E-state index in [4.69, 9.17) is 14.2 Å². The van der Waals surface area contributed by atoms with E-state index in [1.165, 1.54) is 70.6 Å². The van der Waals surface area contributed by atoms with E-state index in [9.17, 15) is 14.4 Å². The molecular weight excluding hydrogens is 745 g/mol. The van der Waals surface area contributed by atoms with Gasteiger partial charge < -0.3 is 14.2 Å². The Balaban J connectivity index is 4.34. The molecule has 6 heteroatoms. The van der Waals surface area contributed by atoms with E-state index >= 15 is 0 Å². The average Bonchev–Trinajstić information content (AvgIpc) is 3.24. The second kappa shape index (κ2) is 48.5. The van der Waals surface area contributed by atoms with Gasteiger partial charge in [-0.25, -0.2) is 0 Å². The summed E-state index contributed by atoms with van der Waals surface area (Å²) in [7, 11) is 0. The third-order valence-electron chi connectivity index (χ3n) is 10.4. The van der Waals surface area contributed by atoms with E-state index in [0.717, 1.165) is 122 Å². The molecule has 60 heavy (non-hydrogen) atoms. The minimum atomic E-state index is -0.784. The van der Waals surface area contributed by atoms with Gasteiger partial charge >= 0.3 is 17.9 Å². The van der Waals surface area contributed by atoms with Gasteiger partial charge in [0.1, 0.15) is 13.2 Å². The summed E-state index contributed by atoms with van der Waals surface area (Å²) in [4.78, 5) is 37.8. The van der Waals surface area contributed by atoms with E-state index < -0.39 is 6.10 Å². The SMILES string of the molecule is CC/C=C\C/C=C\C/C=C\C/C=C\C/C=C\CCCCCCCC(=O)OCC(COC(=O)CCCCCCCCCCC)OC(=O)CCCCCCC/C=C\CCCCC. The van der Waals surface area contributed by atoms with Crippen molar-refractivity contribution < 1.29 is 28.6 Å². The van der Waals surface area contributed by atoms with Gasteiger partial charge in [0.15, 0.2) is 6.10 Å². The average molecular weight is 837 g/mol. The predicted octanol–water partition coefficient (Wildman–Crippen LogP) is 16.3. The van der Waals surface area contributed by atoms with Crippen molar-refractivity contribution in [2.45, 2.75) is 239 Å². The Morgan fingerprint density at radius 2 is 0.650 bits per heavy atom. The predicted molar refractivity (Wildman–Crippen MR) is 256 cm³/mol. The molecule has 0 aliphatic carbocycles. The Bertz CT molecular complexity index is 1140. The van der Waals surface area contributed by atoms with Crippen molar-refractivity contribution in [2.24, 2.45) is 0 Å². The van der Waals surface area contributed by atoms with Gasteiger partial charge in [-0.3, -0.25) is 14.4 Å². The normalized spacial score (nSPS) is 12.7. The summed E-state index contributed by atoms with van der Waals surface area (Å²) in [5, 5.41) is 0. The zero-order valence-corrected chi connectivity index (χ0v) is 39.2. The van der Waals surface area contributed by atoms with Crippen LogP contribution in [0.4, 0.5) is 0 Å². The van der Waals surface area contributed by atoms with Crippen molar-refractivity contribution in [3.05, 3.63) is 72.9 Å². The number of rotatable bonds is 44. The highest BCUT2D eigenvalue weighted by Gasteiger charge is 2.19. The van der Waals surface area contributed by atoms with Crippen molar-refractivity contribution in [3.8, 4) is 0 Å². The standard InChI is InChI=1S/C54H92O6/c1-4-7-10-13-16-19-21-23-24-25-26-27-28-29-30-31-33-35-38-41-44-47-53(56)59-50-51(49-58-52(55)46-43-40-37-34-18-15-12-9-6-3)60-54(57)48-45-42-39-36-32-22-20-17-14-11-8-5-2/h7,10,16-17,19-20,23-24,26-27,29-30,51H,4-6,8-9,11-15,18,21-22,25,28,31-50H2,1-3H3/b10-7-,19-16-,20-17-,24-23-,27-26-,30-29-. The molecule has 0 fully saturated rings. The molecule has 0 rings (SSSR count). The maximum absolute atomic E-state index is 12.7. The first kappa shape index (κ1) is 56.9. The Morgan fingerprint density at radius 1 is 0.350 bits per heavy atom. The fourth-order valence-electron chi connectivity index (χ4n) is 6.70. The minimum Gasteiger partial charge on any atom is -0.462 e. The van der Waals surface area contributed by atoms with Crippen LogP contribution in [-0.2, 0) is 28.6 Å². The van der Waals surface area contributed by atoms with E-state index in [-0.39, 0.29) is 31.1 Å². The lowest BCUT2D eigenvalue weighted by Gasteiger charge is -2.18. The van der Waals surface area contributed by atoms with Crippen molar-refractivity contribution in [3.63, 3.8) is 0 Å². The molecule has 0 aliphatic rings. The number of ether oxygens (including phenoxy) is 3. The van der Waals surface area contributed by atoms with Crippen LogP contribution in [0.5, 0.6) is 0 Å². The van der Waals surface area contributed by atoms with Crippen LogP contribution >= 0.6 is 0 Å². The van der Waals surface area contributed by atoms with Crippen molar-refractivity contribution in [2.75, 3.05) is 13.2 Å². The monoisotopic (exact) mass is 837 g/mol. The first-order valence-corrected chi connectivity index (χ1v) is 24.9. The number of allylic oxidation sites excluding steroid dienone is 12. The van der Waals surface area contributed by atoms with Crippen LogP contribution in [0.3, 0.4) is 0 Å². The van der Waals surface area contributed by atoms with Gasteiger partial charge in [0.25, 0.3) is 0 Å². The lowest BCUT2D eigenvalue weighted by atomic mass is 10.1. The highest BCUT2D eigenvalue weighted by molar-refractivity contribution is 5.71. The summed E-state index contributed by atoms with van der Waals surface area (Å²) < 4.78 is 16.7. The fraction of sp³-hybridized carbons (Fsp3) is 0.722. The second-order valence-electron chi connectivity index (χ2n) is 16.3. The molecule has 6 nitrogen and oxygen atoms in total. The Labute approximate surface area is 370 Å². The number of carbonyl (C=O) groups excluding carboxylic acids is 3. The van der Waals surface area contributed by atoms with E-state index in [1.54, 1.807) is 0 Å². The van der Waals surface area contributed by atoms with Crippen LogP contribution in [0, 0.1) is 0 Å². The molecule has 0 saturated heterocycles. The minimum absolute atomic E-state index is 0.0842. The molecular formula is C54H92O6. The largest absolute Gasteiger partial charge is 0.462 e. The number of hydrogen-bond acceptors (Lipinski definition) is 6. The number of hydrogen-bond donors (Lipinski definition) is 0. The first-order valence-electron chi connectivity index (χ1n) is 24.9. The van der Waals surface area contributed by atoms with E-state index in [0.29, 0.717) is 19.3 Å². The topological polar surface area (TPSA) is 78.9 Å². The van der Waals surface area contributed by atoms with Gasteiger partial charge in [0, 0.05) is 19.3 Å². The van der Waals surface area contributed by atoms with E-state index in [1.807, 2.05) is 0 Å². The number of unbranched alkanes of at least 4 members (excludes halogenated alkanes) is 21. The van der Waals surface area contributed by atoms with Gasteiger partial charge in [-0.1, -0.05) is 196 Å². The highest BCUT2D eigenvalue weighted by atomic mass is 16.6. The smallest absolute Gasteiger partial charge is 0.306 e. The summed E-state index contributed by atoms with van der Waals surface area (Å²) in [6, 6.07) is 0. The molecule has 0 N–H and O–H groups in total. The maximum Gasteiger partial charge on any atom is 0.306 e. The fourth-order valence-corrected chi connectivity index (χ4v) is 6.70. The molecule has 0 aromatic rings. The summed E-state index contributed by atoms with van der Waals surface area (Å²) in [5.41, 5.74) is 0. The van der Waals surface area contributed by atoms with Crippen molar-refractivity contribution in [1.29, 1.82) is 0 Å². The molecule has 0 radical (unpaired) electrons. The summed E-state index contributed by atoms with van der Waals surface area (Å²) >= 11 is 0. The third-order valence-corrected chi connectivity index (χ3v) is 10.4. The zero-order chi connectivity index (χ0) is 43.7. The lowest BCUT2D eigenvalue weighted by molar-refractivity contribution is -0.167. The van der Waals surface area contributed by atoms with Crippen molar-refractivity contribution in [1.82, 2.24) is 0 Å². The van der Waals surface area contributed by atoms with Gasteiger partial charge in [-0.15, -0.1) is 0 Å². The molecule has 1 atom stereocenters. The van der Waals surface area contributed by atoms with Crippen LogP contribution in [-0.4, -0.2) is 37.2 Å². The third kappa shape index (κ3) is 45.9. The number of carbonyl (C=O) groups is 3. The quantitative estimate of drug-likeness (QED) is 0.0263. The molecule has 0 bridgehead atoms. The summed E-state index contributed by atoms with van der Waals surface area (Å²) in [5.74, 6) is -0.917. The van der Waals surface area contributed by atoms with Crippen molar-refractivity contribution >= 4 is 17.9 Å². The van der Waals surface area contributed by atoms with Crippen LogP contribution < -0.4 is 0 Å². The van der Waals surface area contributed by atoms with Crippen LogP contribution in [0.25, 0.3) is 0 Å². The molecule has 1 unspecified atom stereocenters. The molecule has 0 aromatic heterocycles. The molecule has 0 saturated carbocycles. The Morgan fingerprint density at radius 3 is 1.07 bits per heavy atom. The molecule has 0 aromatic carbocycles. The second-order valence-corrected chi connectivity index (χ2v) is 16.3. The first-order chi connectivity index (χ1) is 29.5. The maximum atomic E-state index is 12.7. The van der Waals surface area contributed by atoms with Gasteiger partial charge in [0.05, 0.1) is 0 Å². The summed E-state index contributed by atoms with van der Waals surface area (Å²) in [6.07, 6.45) is 60.3. The lowest BCUT2D eigenvalue weighted by Crippen LogP contribution is -2.30. The zero-order valence-electron chi connectivity index (χ0n) is 39.2. The molecule has 0 amide bonds. The Hall–Kier alpha value is -3.15. The van der Waals surface area contributed by atoms with Crippen LogP contribution in [0.1, 0.15) is 233 Å². The number of esters is 3. The molecule has 0 aliphatic heterocycles. The van der Waals surface area contributed by atoms with Crippen LogP contribution in [0.2, 0.25) is 0 Å². The van der Waals surface area contributed by atoms with Gasteiger partial charge in [0.2, 0.25) is 0 Å². The van der Waals surface area contributed by atoms with Crippen LogP contribution in [0.15, 0.2) is 72.9 Å². The Kier molecular flexibility index (Phi) is 46.0. The van der Waals surface area contributed by atoms with Gasteiger partial charge in [-0.05, 0) is 89.9 Å². The summed E-state index contributed by atoms with van der Waals surface area (Å²) in [6.45, 7) is 6.45. The molecule has 0 spiro atoms. The molecule has 344 valence electrons. The van der Waals surface area contributed by atoms with Gasteiger partial charge in [-0.2, -0.15) is 0 Å². The van der Waals surface area contributed by atoms with E-state index in [2.05, 4.69) is 93.7 Å².